The number of allylic oxidation sites excluding steroid dienone is 3. The molecule has 1 amide bonds. The Bertz CT molecular complexity index is 1160. The molecule has 6 nitrogen and oxygen atoms in total. The van der Waals surface area contributed by atoms with Crippen molar-refractivity contribution in [2.75, 3.05) is 6.61 Å². The van der Waals surface area contributed by atoms with Crippen molar-refractivity contribution in [1.29, 1.82) is 0 Å². The molecule has 0 saturated heterocycles. The van der Waals surface area contributed by atoms with E-state index in [2.05, 4.69) is 0 Å². The normalized spacial score (nSPS) is 21.3. The van der Waals surface area contributed by atoms with Crippen LogP contribution in [0.2, 0.25) is 4.34 Å². The molecule has 2 aromatic rings. The van der Waals surface area contributed by atoms with Gasteiger partial charge in [-0.2, -0.15) is 0 Å². The molecule has 1 fully saturated rings. The van der Waals surface area contributed by atoms with Crippen LogP contribution in [0.25, 0.3) is 5.57 Å². The van der Waals surface area contributed by atoms with E-state index in [4.69, 9.17) is 22.1 Å². The summed E-state index contributed by atoms with van der Waals surface area (Å²) in [6.07, 6.45) is 4.62. The van der Waals surface area contributed by atoms with Crippen LogP contribution in [0.15, 0.2) is 54.1 Å². The maximum Gasteiger partial charge on any atom is 0.332 e. The number of thiophene rings is 1. The van der Waals surface area contributed by atoms with Crippen molar-refractivity contribution in [1.82, 2.24) is 0 Å². The van der Waals surface area contributed by atoms with Crippen LogP contribution in [0.4, 0.5) is 0 Å². The fourth-order valence-corrected chi connectivity index (χ4v) is 6.14. The van der Waals surface area contributed by atoms with Crippen molar-refractivity contribution in [3.8, 4) is 0 Å². The molecule has 0 spiro atoms. The number of hydrogen-bond acceptors (Lipinski definition) is 5. The number of carboxylic acid groups (broad SMARTS) is 1. The highest BCUT2D eigenvalue weighted by Gasteiger charge is 2.67. The standard InChI is InChI=1S/C24H22ClNO5S/c1-2-31-22(30)23(10-11-23)24(19-16(20(26)27)12-18(25)32-19)9-8-15(17(13-24)21(28)29)14-6-4-3-5-7-14/h3-9,12H,2,10-11,13H2,1H3,(H2,26,27)(H,28,29). The van der Waals surface area contributed by atoms with Crippen LogP contribution in [0.1, 0.15) is 47.0 Å². The largest absolute Gasteiger partial charge is 0.478 e. The quantitative estimate of drug-likeness (QED) is 0.575. The Kier molecular flexibility index (Phi) is 5.73. The van der Waals surface area contributed by atoms with E-state index in [0.717, 1.165) is 16.9 Å². The van der Waals surface area contributed by atoms with E-state index >= 15 is 0 Å². The van der Waals surface area contributed by atoms with Gasteiger partial charge in [0, 0.05) is 15.9 Å². The third-order valence-electron chi connectivity index (χ3n) is 6.30. The molecule has 1 atom stereocenters. The molecule has 0 bridgehead atoms. The van der Waals surface area contributed by atoms with E-state index in [0.29, 0.717) is 27.6 Å². The number of ether oxygens (including phenoxy) is 1. The Morgan fingerprint density at radius 1 is 1.22 bits per heavy atom. The second kappa shape index (κ2) is 8.22. The topological polar surface area (TPSA) is 107 Å². The van der Waals surface area contributed by atoms with Crippen molar-refractivity contribution >= 4 is 46.4 Å². The average molecular weight is 472 g/mol. The summed E-state index contributed by atoms with van der Waals surface area (Å²) in [6, 6.07) is 10.7. The van der Waals surface area contributed by atoms with Crippen molar-refractivity contribution in [2.45, 2.75) is 31.6 Å². The zero-order valence-electron chi connectivity index (χ0n) is 17.4. The number of rotatable bonds is 7. The summed E-state index contributed by atoms with van der Waals surface area (Å²) in [4.78, 5) is 38.3. The summed E-state index contributed by atoms with van der Waals surface area (Å²) < 4.78 is 5.75. The van der Waals surface area contributed by atoms with Crippen molar-refractivity contribution in [2.24, 2.45) is 11.1 Å². The lowest BCUT2D eigenvalue weighted by molar-refractivity contribution is -0.152. The van der Waals surface area contributed by atoms with Gasteiger partial charge in [0.05, 0.1) is 21.9 Å². The summed E-state index contributed by atoms with van der Waals surface area (Å²) in [5.74, 6) is -2.16. The Balaban J connectivity index is 1.95. The van der Waals surface area contributed by atoms with Gasteiger partial charge in [0.25, 0.3) is 0 Å². The SMILES string of the molecule is CCOC(=O)C1(C2(c3sc(Cl)cc3C(N)=O)C=CC(c3ccccc3)=C(C(=O)O)C2)CC1. The van der Waals surface area contributed by atoms with Gasteiger partial charge in [0.15, 0.2) is 0 Å². The minimum atomic E-state index is -1.10. The molecule has 3 N–H and O–H groups in total. The first kappa shape index (κ1) is 22.3. The Morgan fingerprint density at radius 2 is 1.91 bits per heavy atom. The first-order valence-electron chi connectivity index (χ1n) is 10.2. The number of primary amides is 1. The predicted molar refractivity (Wildman–Crippen MR) is 123 cm³/mol. The smallest absolute Gasteiger partial charge is 0.332 e. The van der Waals surface area contributed by atoms with Gasteiger partial charge in [0.1, 0.15) is 0 Å². The Hall–Kier alpha value is -2.90. The predicted octanol–water partition coefficient (Wildman–Crippen LogP) is 4.58. The van der Waals surface area contributed by atoms with Gasteiger partial charge in [-0.15, -0.1) is 11.3 Å². The summed E-state index contributed by atoms with van der Waals surface area (Å²) in [5, 5.41) is 10.1. The minimum Gasteiger partial charge on any atom is -0.478 e. The van der Waals surface area contributed by atoms with E-state index in [-0.39, 0.29) is 24.2 Å². The van der Waals surface area contributed by atoms with Gasteiger partial charge in [-0.3, -0.25) is 9.59 Å². The van der Waals surface area contributed by atoms with Crippen LogP contribution in [-0.4, -0.2) is 29.6 Å². The zero-order chi connectivity index (χ0) is 23.1. The number of benzene rings is 1. The average Bonchev–Trinajstić information content (AvgIpc) is 3.50. The molecule has 1 aromatic carbocycles. The van der Waals surface area contributed by atoms with Gasteiger partial charge < -0.3 is 15.6 Å². The van der Waals surface area contributed by atoms with Crippen molar-refractivity contribution < 1.29 is 24.2 Å². The number of hydrogen-bond donors (Lipinski definition) is 2. The van der Waals surface area contributed by atoms with Crippen LogP contribution in [0.5, 0.6) is 0 Å². The molecule has 1 unspecified atom stereocenters. The second-order valence-electron chi connectivity index (χ2n) is 8.01. The fraction of sp³-hybridized carbons (Fsp3) is 0.292. The lowest BCUT2D eigenvalue weighted by atomic mass is 9.63. The molecule has 1 saturated carbocycles. The fourth-order valence-electron chi connectivity index (χ4n) is 4.64. The molecule has 32 heavy (non-hydrogen) atoms. The number of esters is 1. The van der Waals surface area contributed by atoms with Crippen LogP contribution in [0, 0.1) is 5.41 Å². The van der Waals surface area contributed by atoms with Crippen molar-refractivity contribution in [3.05, 3.63) is 74.5 Å². The zero-order valence-corrected chi connectivity index (χ0v) is 19.0. The highest BCUT2D eigenvalue weighted by atomic mass is 35.5. The molecule has 8 heteroatoms. The third kappa shape index (κ3) is 3.45. The highest BCUT2D eigenvalue weighted by Crippen LogP contribution is 2.66. The minimum absolute atomic E-state index is 0.0129. The van der Waals surface area contributed by atoms with E-state index in [9.17, 15) is 19.5 Å². The molecule has 0 radical (unpaired) electrons. The van der Waals surface area contributed by atoms with E-state index in [1.165, 1.54) is 6.07 Å². The Labute approximate surface area is 194 Å². The van der Waals surface area contributed by atoms with Gasteiger partial charge in [-0.25, -0.2) is 4.79 Å². The molecule has 0 aliphatic heterocycles. The van der Waals surface area contributed by atoms with E-state index in [1.54, 1.807) is 13.0 Å². The van der Waals surface area contributed by atoms with Gasteiger partial charge in [0.2, 0.25) is 5.91 Å². The lowest BCUT2D eigenvalue weighted by Crippen LogP contribution is -2.44. The monoisotopic (exact) mass is 471 g/mol. The molecule has 2 aliphatic carbocycles. The number of carbonyl (C=O) groups is 3. The van der Waals surface area contributed by atoms with Crippen molar-refractivity contribution in [3.63, 3.8) is 0 Å². The number of carbonyl (C=O) groups excluding carboxylic acids is 2. The van der Waals surface area contributed by atoms with Crippen LogP contribution < -0.4 is 5.73 Å². The second-order valence-corrected chi connectivity index (χ2v) is 9.69. The molecular weight excluding hydrogens is 450 g/mol. The maximum atomic E-state index is 13.2. The third-order valence-corrected chi connectivity index (χ3v) is 7.74. The van der Waals surface area contributed by atoms with Gasteiger partial charge in [-0.05, 0) is 43.4 Å². The number of halogens is 1. The highest BCUT2D eigenvalue weighted by molar-refractivity contribution is 7.16. The van der Waals surface area contributed by atoms with Crippen LogP contribution in [-0.2, 0) is 19.7 Å². The van der Waals surface area contributed by atoms with Gasteiger partial charge in [-0.1, -0.05) is 54.1 Å². The molecule has 1 heterocycles. The summed E-state index contributed by atoms with van der Waals surface area (Å²) in [7, 11) is 0. The maximum absolute atomic E-state index is 13.2. The first-order valence-corrected chi connectivity index (χ1v) is 11.4. The van der Waals surface area contributed by atoms with Crippen LogP contribution in [0.3, 0.4) is 0 Å². The molecular formula is C24H22ClNO5S. The first-order chi connectivity index (χ1) is 15.3. The number of amides is 1. The molecule has 2 aliphatic rings. The summed E-state index contributed by atoms with van der Waals surface area (Å²) in [5.41, 5.74) is 5.25. The molecule has 1 aromatic heterocycles. The molecule has 4 rings (SSSR count). The lowest BCUT2D eigenvalue weighted by Gasteiger charge is -2.40. The van der Waals surface area contributed by atoms with E-state index < -0.39 is 28.7 Å². The summed E-state index contributed by atoms with van der Waals surface area (Å²) >= 11 is 7.42. The van der Waals surface area contributed by atoms with Crippen LogP contribution >= 0.6 is 22.9 Å². The number of aliphatic carboxylic acids is 1. The Morgan fingerprint density at radius 3 is 2.47 bits per heavy atom. The summed E-state index contributed by atoms with van der Waals surface area (Å²) in [6.45, 7) is 1.93. The molecule has 166 valence electrons. The number of carboxylic acids is 1. The number of nitrogens with two attached hydrogens (primary N) is 1. The van der Waals surface area contributed by atoms with E-state index in [1.807, 2.05) is 36.4 Å². The van der Waals surface area contributed by atoms with Gasteiger partial charge >= 0.3 is 11.9 Å².